The molecule has 4 fully saturated rings. The molecule has 4 heteroatoms. The lowest BCUT2D eigenvalue weighted by Gasteiger charge is -2.56. The molecular formula is C44H35N3O. The van der Waals surface area contributed by atoms with Crippen LogP contribution in [0, 0.1) is 17.8 Å². The van der Waals surface area contributed by atoms with Crippen LogP contribution in [0.5, 0.6) is 11.5 Å². The number of aromatic nitrogens is 3. The van der Waals surface area contributed by atoms with Crippen LogP contribution in [0.15, 0.2) is 121 Å². The van der Waals surface area contributed by atoms with Crippen molar-refractivity contribution in [2.24, 2.45) is 17.8 Å². The predicted octanol–water partition coefficient (Wildman–Crippen LogP) is 10.1. The molecule has 0 radical (unpaired) electrons. The summed E-state index contributed by atoms with van der Waals surface area (Å²) in [6, 6.07) is 43.3. The maximum Gasteiger partial charge on any atom is 0.164 e. The van der Waals surface area contributed by atoms with Gasteiger partial charge in [0.05, 0.1) is 5.41 Å². The van der Waals surface area contributed by atoms with E-state index in [1.807, 2.05) is 0 Å². The van der Waals surface area contributed by atoms with Crippen molar-refractivity contribution >= 4 is 0 Å². The number of hydrogen-bond acceptors (Lipinski definition) is 4. The summed E-state index contributed by atoms with van der Waals surface area (Å²) in [6.07, 6.45) is 7.80. The van der Waals surface area contributed by atoms with Crippen molar-refractivity contribution in [2.75, 3.05) is 0 Å². The number of benzene rings is 5. The van der Waals surface area contributed by atoms with Crippen LogP contribution in [-0.2, 0) is 10.8 Å². The summed E-state index contributed by atoms with van der Waals surface area (Å²) < 4.78 is 6.57. The Balaban J connectivity index is 1.19. The molecule has 1 aromatic heterocycles. The zero-order valence-corrected chi connectivity index (χ0v) is 26.8. The third-order valence-corrected chi connectivity index (χ3v) is 12.3. The van der Waals surface area contributed by atoms with Gasteiger partial charge in [0.15, 0.2) is 11.6 Å². The summed E-state index contributed by atoms with van der Waals surface area (Å²) in [5.74, 6) is 6.80. The van der Waals surface area contributed by atoms with Gasteiger partial charge in [-0.2, -0.15) is 0 Å². The molecule has 5 aromatic carbocycles. The van der Waals surface area contributed by atoms with Crippen molar-refractivity contribution < 1.29 is 4.74 Å². The van der Waals surface area contributed by atoms with Gasteiger partial charge in [0.2, 0.25) is 0 Å². The zero-order valence-electron chi connectivity index (χ0n) is 26.8. The van der Waals surface area contributed by atoms with E-state index < -0.39 is 5.41 Å². The summed E-state index contributed by atoms with van der Waals surface area (Å²) >= 11 is 0. The summed E-state index contributed by atoms with van der Waals surface area (Å²) in [4.78, 5) is 16.2. The van der Waals surface area contributed by atoms with Crippen molar-refractivity contribution in [3.8, 4) is 45.4 Å². The number of rotatable bonds is 3. The van der Waals surface area contributed by atoms with Crippen LogP contribution in [0.3, 0.4) is 0 Å². The lowest BCUT2D eigenvalue weighted by molar-refractivity contribution is -0.00938. The van der Waals surface area contributed by atoms with Crippen LogP contribution in [0.25, 0.3) is 33.9 Å². The molecule has 0 atom stereocenters. The first-order chi connectivity index (χ1) is 23.7. The quantitative estimate of drug-likeness (QED) is 0.197. The molecule has 5 aliphatic carbocycles. The van der Waals surface area contributed by atoms with Crippen LogP contribution in [0.1, 0.15) is 66.6 Å². The Morgan fingerprint density at radius 1 is 0.479 bits per heavy atom. The smallest absolute Gasteiger partial charge is 0.164 e. The van der Waals surface area contributed by atoms with Crippen LogP contribution in [-0.4, -0.2) is 15.0 Å². The lowest BCUT2D eigenvalue weighted by Crippen LogP contribution is -2.49. The fourth-order valence-corrected chi connectivity index (χ4v) is 10.9. The second kappa shape index (κ2) is 9.73. The molecule has 0 saturated heterocycles. The summed E-state index contributed by atoms with van der Waals surface area (Å²) in [5.41, 5.74) is 8.94. The van der Waals surface area contributed by atoms with Gasteiger partial charge in [0.1, 0.15) is 17.3 Å². The topological polar surface area (TPSA) is 47.9 Å². The molecule has 4 nitrogen and oxygen atoms in total. The Labute approximate surface area is 280 Å². The van der Waals surface area contributed by atoms with Gasteiger partial charge < -0.3 is 4.74 Å². The highest BCUT2D eigenvalue weighted by molar-refractivity contribution is 5.95. The molecule has 0 amide bonds. The maximum absolute atomic E-state index is 6.57. The molecule has 232 valence electrons. The second-order valence-corrected chi connectivity index (χ2v) is 15.0. The van der Waals surface area contributed by atoms with Crippen LogP contribution in [0.4, 0.5) is 0 Å². The number of para-hydroxylation sites is 2. The molecule has 0 unspecified atom stereocenters. The van der Waals surface area contributed by atoms with E-state index in [0.29, 0.717) is 0 Å². The Morgan fingerprint density at radius 3 is 1.71 bits per heavy atom. The number of fused-ring (bicyclic) bond motifs is 9. The van der Waals surface area contributed by atoms with Crippen molar-refractivity contribution in [1.82, 2.24) is 15.0 Å². The molecule has 1 aliphatic heterocycles. The molecule has 12 rings (SSSR count). The third kappa shape index (κ3) is 3.58. The van der Waals surface area contributed by atoms with E-state index in [4.69, 9.17) is 19.7 Å². The minimum Gasteiger partial charge on any atom is -0.457 e. The van der Waals surface area contributed by atoms with Crippen LogP contribution in [0.2, 0.25) is 0 Å². The molecule has 1 spiro atoms. The number of hydrogen-bond donors (Lipinski definition) is 0. The highest BCUT2D eigenvalue weighted by Crippen LogP contribution is 2.64. The third-order valence-electron chi connectivity index (χ3n) is 12.3. The predicted molar refractivity (Wildman–Crippen MR) is 188 cm³/mol. The fraction of sp³-hybridized carbons (Fsp3) is 0.250. The Kier molecular flexibility index (Phi) is 5.46. The molecule has 4 bridgehead atoms. The summed E-state index contributed by atoms with van der Waals surface area (Å²) in [7, 11) is 0. The molecule has 6 aliphatic rings. The van der Waals surface area contributed by atoms with Crippen molar-refractivity contribution in [3.63, 3.8) is 0 Å². The van der Waals surface area contributed by atoms with Crippen molar-refractivity contribution in [3.05, 3.63) is 149 Å². The van der Waals surface area contributed by atoms with E-state index >= 15 is 0 Å². The van der Waals surface area contributed by atoms with E-state index in [2.05, 4.69) is 121 Å². The van der Waals surface area contributed by atoms with Gasteiger partial charge in [-0.05, 0) is 90.7 Å². The monoisotopic (exact) mass is 621 g/mol. The van der Waals surface area contributed by atoms with E-state index in [0.717, 1.165) is 57.9 Å². The summed E-state index contributed by atoms with van der Waals surface area (Å²) in [5, 5.41) is 0. The fourth-order valence-electron chi connectivity index (χ4n) is 10.9. The Morgan fingerprint density at radius 2 is 1.02 bits per heavy atom. The van der Waals surface area contributed by atoms with Crippen molar-refractivity contribution in [1.29, 1.82) is 0 Å². The van der Waals surface area contributed by atoms with Crippen molar-refractivity contribution in [2.45, 2.75) is 49.4 Å². The molecule has 6 aromatic rings. The first-order valence-electron chi connectivity index (χ1n) is 17.6. The normalized spacial score (nSPS) is 24.8. The first kappa shape index (κ1) is 26.9. The maximum atomic E-state index is 6.57. The lowest BCUT2D eigenvalue weighted by atomic mass is 9.49. The van der Waals surface area contributed by atoms with Gasteiger partial charge in [-0.15, -0.1) is 0 Å². The number of nitrogens with zero attached hydrogens (tertiary/aromatic N) is 3. The average molecular weight is 622 g/mol. The Hall–Kier alpha value is -5.09. The molecule has 4 saturated carbocycles. The van der Waals surface area contributed by atoms with Gasteiger partial charge in [0, 0.05) is 27.7 Å². The van der Waals surface area contributed by atoms with Gasteiger partial charge in [0.25, 0.3) is 0 Å². The average Bonchev–Trinajstić information content (AvgIpc) is 3.42. The minimum atomic E-state index is -0.522. The molecule has 48 heavy (non-hydrogen) atoms. The Bertz CT molecular complexity index is 2190. The molecule has 0 N–H and O–H groups in total. The highest BCUT2D eigenvalue weighted by Gasteiger charge is 2.54. The van der Waals surface area contributed by atoms with E-state index in [9.17, 15) is 0 Å². The van der Waals surface area contributed by atoms with Crippen LogP contribution >= 0.6 is 0 Å². The second-order valence-electron chi connectivity index (χ2n) is 15.0. The van der Waals surface area contributed by atoms with E-state index in [-0.39, 0.29) is 5.41 Å². The first-order valence-corrected chi connectivity index (χ1v) is 17.6. The van der Waals surface area contributed by atoms with E-state index in [1.165, 1.54) is 71.9 Å². The van der Waals surface area contributed by atoms with Gasteiger partial charge in [-0.1, -0.05) is 109 Å². The summed E-state index contributed by atoms with van der Waals surface area (Å²) in [6.45, 7) is 0. The largest absolute Gasteiger partial charge is 0.457 e. The number of ether oxygens (including phenoxy) is 1. The van der Waals surface area contributed by atoms with Gasteiger partial charge >= 0.3 is 0 Å². The zero-order chi connectivity index (χ0) is 31.5. The van der Waals surface area contributed by atoms with Gasteiger partial charge in [-0.3, -0.25) is 0 Å². The highest BCUT2D eigenvalue weighted by atomic mass is 16.5. The molecule has 2 heterocycles. The standard InChI is InChI=1S/C44H35N3O/c1-2-11-30(12-3-1)40-45-41(47-42(46-40)43-24-27-21-28(25-43)23-29(22-27)26-43)32-14-10-18-36-39(32)31-13-4-5-15-33(31)44(36)34-16-6-8-19-37(34)48-38-20-9-7-17-35(38)44/h1-20,27-29H,21-26H2/t27-,28+,29?,43?. The van der Waals surface area contributed by atoms with Gasteiger partial charge in [-0.25, -0.2) is 15.0 Å². The van der Waals surface area contributed by atoms with E-state index in [1.54, 1.807) is 0 Å². The minimum absolute atomic E-state index is 0.0473. The SMILES string of the molecule is c1ccc(-c2nc(-c3cccc4c3-c3ccccc3C43c4ccccc4Oc4ccccc43)nc(C34CC5C[C@H](C3)C[C@@H](C5)C4)n2)cc1. The molecular weight excluding hydrogens is 587 g/mol. The van der Waals surface area contributed by atoms with Crippen LogP contribution < -0.4 is 4.74 Å².